The average molecular weight is 203 g/mol. The molecule has 5 heteroatoms. The van der Waals surface area contributed by atoms with E-state index in [9.17, 15) is 18.0 Å². The molecule has 0 unspecified atom stereocenters. The third kappa shape index (κ3) is 1.86. The van der Waals surface area contributed by atoms with Gasteiger partial charge in [-0.3, -0.25) is 4.79 Å². The normalized spacial score (nSPS) is 11.1. The maximum atomic E-state index is 12.5. The Labute approximate surface area is 78.7 Å². The van der Waals surface area contributed by atoms with Gasteiger partial charge < -0.3 is 5.32 Å². The maximum absolute atomic E-state index is 12.5. The molecule has 0 atom stereocenters. The first-order valence-corrected chi connectivity index (χ1v) is 3.84. The largest absolute Gasteiger partial charge is 0.419 e. The van der Waals surface area contributed by atoms with Crippen LogP contribution in [0.15, 0.2) is 18.2 Å². The number of nitrogens with one attached hydrogen (secondary N) is 1. The number of hydrogen-bond acceptors (Lipinski definition) is 2. The zero-order valence-electron chi connectivity index (χ0n) is 7.35. The molecule has 0 bridgehead atoms. The molecule has 0 aromatic heterocycles. The van der Waals surface area contributed by atoms with Gasteiger partial charge >= 0.3 is 6.18 Å². The fourth-order valence-electron chi connectivity index (χ4n) is 1.19. The van der Waals surface area contributed by atoms with Crippen molar-refractivity contribution in [2.75, 3.05) is 12.4 Å². The molecule has 14 heavy (non-hydrogen) atoms. The second-order valence-corrected chi connectivity index (χ2v) is 2.64. The van der Waals surface area contributed by atoms with Crippen LogP contribution in [0.1, 0.15) is 15.9 Å². The van der Waals surface area contributed by atoms with E-state index in [4.69, 9.17) is 0 Å². The van der Waals surface area contributed by atoms with E-state index in [0.29, 0.717) is 0 Å². The average Bonchev–Trinajstić information content (AvgIpc) is 2.15. The summed E-state index contributed by atoms with van der Waals surface area (Å²) < 4.78 is 37.5. The van der Waals surface area contributed by atoms with Crippen molar-refractivity contribution in [2.45, 2.75) is 6.18 Å². The Kier molecular flexibility index (Phi) is 2.78. The second kappa shape index (κ2) is 3.69. The predicted molar refractivity (Wildman–Crippen MR) is 46.4 cm³/mol. The molecule has 0 saturated heterocycles. The van der Waals surface area contributed by atoms with Gasteiger partial charge in [0, 0.05) is 18.3 Å². The molecule has 0 aliphatic heterocycles. The first-order chi connectivity index (χ1) is 6.50. The molecule has 0 heterocycles. The highest BCUT2D eigenvalue weighted by molar-refractivity contribution is 5.81. The number of aldehydes is 1. The van der Waals surface area contributed by atoms with Crippen LogP contribution in [-0.2, 0) is 6.18 Å². The van der Waals surface area contributed by atoms with Crippen LogP contribution in [0, 0.1) is 0 Å². The number of carbonyl (C=O) groups excluding carboxylic acids is 1. The van der Waals surface area contributed by atoms with Gasteiger partial charge in [0.1, 0.15) is 0 Å². The van der Waals surface area contributed by atoms with E-state index in [1.54, 1.807) is 0 Å². The van der Waals surface area contributed by atoms with E-state index in [0.717, 1.165) is 6.07 Å². The van der Waals surface area contributed by atoms with Gasteiger partial charge in [-0.1, -0.05) is 12.1 Å². The second-order valence-electron chi connectivity index (χ2n) is 2.64. The van der Waals surface area contributed by atoms with Crippen molar-refractivity contribution in [3.8, 4) is 0 Å². The Morgan fingerprint density at radius 3 is 2.43 bits per heavy atom. The molecule has 0 spiro atoms. The molecule has 1 aromatic rings. The fraction of sp³-hybridized carbons (Fsp3) is 0.222. The molecule has 0 radical (unpaired) electrons. The first kappa shape index (κ1) is 10.6. The minimum absolute atomic E-state index is 0.0953. The van der Waals surface area contributed by atoms with Crippen LogP contribution in [0.5, 0.6) is 0 Å². The Bertz CT molecular complexity index is 346. The summed E-state index contributed by atoms with van der Waals surface area (Å²) in [5.74, 6) is 0. The van der Waals surface area contributed by atoms with Gasteiger partial charge in [0.05, 0.1) is 5.56 Å². The summed E-state index contributed by atoms with van der Waals surface area (Å²) >= 11 is 0. The van der Waals surface area contributed by atoms with Crippen molar-refractivity contribution >= 4 is 12.0 Å². The van der Waals surface area contributed by atoms with Gasteiger partial charge in [0.15, 0.2) is 6.29 Å². The van der Waals surface area contributed by atoms with Gasteiger partial charge in [-0.2, -0.15) is 13.2 Å². The standard InChI is InChI=1S/C9H8F3NO/c1-13-7-4-2-3-6(5-14)8(7)9(10,11)12/h2-5,13H,1H3. The van der Waals surface area contributed by atoms with Crippen LogP contribution in [0.25, 0.3) is 0 Å². The van der Waals surface area contributed by atoms with E-state index >= 15 is 0 Å². The Morgan fingerprint density at radius 2 is 2.00 bits per heavy atom. The zero-order valence-corrected chi connectivity index (χ0v) is 7.35. The summed E-state index contributed by atoms with van der Waals surface area (Å²) in [6.45, 7) is 0. The van der Waals surface area contributed by atoms with Crippen LogP contribution in [0.2, 0.25) is 0 Å². The minimum atomic E-state index is -4.52. The number of anilines is 1. The highest BCUT2D eigenvalue weighted by Gasteiger charge is 2.35. The summed E-state index contributed by atoms with van der Waals surface area (Å²) in [6, 6.07) is 3.80. The molecule has 0 amide bonds. The van der Waals surface area contributed by atoms with Crippen LogP contribution >= 0.6 is 0 Å². The van der Waals surface area contributed by atoms with Crippen molar-refractivity contribution in [1.82, 2.24) is 0 Å². The fourth-order valence-corrected chi connectivity index (χ4v) is 1.19. The van der Waals surface area contributed by atoms with E-state index in [2.05, 4.69) is 5.32 Å². The Hall–Kier alpha value is -1.52. The first-order valence-electron chi connectivity index (χ1n) is 3.84. The smallest absolute Gasteiger partial charge is 0.388 e. The minimum Gasteiger partial charge on any atom is -0.388 e. The summed E-state index contributed by atoms with van der Waals surface area (Å²) in [4.78, 5) is 10.4. The van der Waals surface area contributed by atoms with Gasteiger partial charge in [-0.05, 0) is 6.07 Å². The lowest BCUT2D eigenvalue weighted by Crippen LogP contribution is -2.12. The number of alkyl halides is 3. The van der Waals surface area contributed by atoms with Gasteiger partial charge in [0.25, 0.3) is 0 Å². The summed E-state index contributed by atoms with van der Waals surface area (Å²) in [5.41, 5.74) is -1.37. The SMILES string of the molecule is CNc1cccc(C=O)c1C(F)(F)F. The predicted octanol–water partition coefficient (Wildman–Crippen LogP) is 2.56. The van der Waals surface area contributed by atoms with E-state index in [1.165, 1.54) is 19.2 Å². The molecule has 0 saturated carbocycles. The molecule has 0 aliphatic rings. The van der Waals surface area contributed by atoms with Crippen molar-refractivity contribution in [3.63, 3.8) is 0 Å². The summed E-state index contributed by atoms with van der Waals surface area (Å²) in [5, 5.41) is 2.40. The van der Waals surface area contributed by atoms with Crippen molar-refractivity contribution in [3.05, 3.63) is 29.3 Å². The zero-order chi connectivity index (χ0) is 10.8. The number of benzene rings is 1. The third-order valence-corrected chi connectivity index (χ3v) is 1.78. The summed E-state index contributed by atoms with van der Waals surface area (Å²) in [6.07, 6.45) is -4.32. The lowest BCUT2D eigenvalue weighted by Gasteiger charge is -2.13. The molecular formula is C9H8F3NO. The highest BCUT2D eigenvalue weighted by Crippen LogP contribution is 2.36. The Morgan fingerprint density at radius 1 is 1.36 bits per heavy atom. The molecule has 1 rings (SSSR count). The third-order valence-electron chi connectivity index (χ3n) is 1.78. The number of rotatable bonds is 2. The molecule has 0 fully saturated rings. The number of carbonyl (C=O) groups is 1. The van der Waals surface area contributed by atoms with Gasteiger partial charge in [0.2, 0.25) is 0 Å². The van der Waals surface area contributed by atoms with Gasteiger partial charge in [-0.15, -0.1) is 0 Å². The molecule has 0 aliphatic carbocycles. The lowest BCUT2D eigenvalue weighted by atomic mass is 10.1. The molecular weight excluding hydrogens is 195 g/mol. The molecule has 2 nitrogen and oxygen atoms in total. The molecule has 1 aromatic carbocycles. The topological polar surface area (TPSA) is 29.1 Å². The van der Waals surface area contributed by atoms with Crippen molar-refractivity contribution in [1.29, 1.82) is 0 Å². The molecule has 76 valence electrons. The summed E-state index contributed by atoms with van der Waals surface area (Å²) in [7, 11) is 1.37. The quantitative estimate of drug-likeness (QED) is 0.748. The monoisotopic (exact) mass is 203 g/mol. The van der Waals surface area contributed by atoms with Crippen LogP contribution in [-0.4, -0.2) is 13.3 Å². The van der Waals surface area contributed by atoms with E-state index in [1.807, 2.05) is 0 Å². The van der Waals surface area contributed by atoms with E-state index < -0.39 is 11.7 Å². The lowest BCUT2D eigenvalue weighted by molar-refractivity contribution is -0.137. The van der Waals surface area contributed by atoms with Crippen LogP contribution < -0.4 is 5.32 Å². The van der Waals surface area contributed by atoms with Crippen molar-refractivity contribution < 1.29 is 18.0 Å². The van der Waals surface area contributed by atoms with E-state index in [-0.39, 0.29) is 17.5 Å². The van der Waals surface area contributed by atoms with Gasteiger partial charge in [-0.25, -0.2) is 0 Å². The maximum Gasteiger partial charge on any atom is 0.419 e. The van der Waals surface area contributed by atoms with Crippen LogP contribution in [0.4, 0.5) is 18.9 Å². The van der Waals surface area contributed by atoms with Crippen LogP contribution in [0.3, 0.4) is 0 Å². The highest BCUT2D eigenvalue weighted by atomic mass is 19.4. The number of hydrogen-bond donors (Lipinski definition) is 1. The van der Waals surface area contributed by atoms with Crippen molar-refractivity contribution in [2.24, 2.45) is 0 Å². The Balaban J connectivity index is 3.41. The number of halogens is 3. The molecule has 1 N–H and O–H groups in total.